The Bertz CT molecular complexity index is 769. The number of guanidine groups is 1. The molecule has 1 aromatic carbocycles. The molecule has 1 heterocycles. The Morgan fingerprint density at radius 2 is 2.07 bits per heavy atom. The summed E-state index contributed by atoms with van der Waals surface area (Å²) in [5, 5.41) is 3.02. The number of benzene rings is 1. The minimum Gasteiger partial charge on any atom is -0.435 e. The maximum absolute atomic E-state index is 12.2. The van der Waals surface area contributed by atoms with Gasteiger partial charge in [-0.1, -0.05) is 12.1 Å². The summed E-state index contributed by atoms with van der Waals surface area (Å²) < 4.78 is 61.3. The van der Waals surface area contributed by atoms with Crippen molar-refractivity contribution in [2.45, 2.75) is 38.5 Å². The van der Waals surface area contributed by atoms with Crippen molar-refractivity contribution in [1.29, 1.82) is 0 Å². The second kappa shape index (κ2) is 12.0. The molecule has 1 atom stereocenters. The van der Waals surface area contributed by atoms with Gasteiger partial charge in [-0.15, -0.1) is 0 Å². The highest BCUT2D eigenvalue weighted by Crippen LogP contribution is 2.16. The van der Waals surface area contributed by atoms with Crippen LogP contribution in [0.4, 0.5) is 8.78 Å². The summed E-state index contributed by atoms with van der Waals surface area (Å²) in [4.78, 5) is 5.96. The Morgan fingerprint density at radius 1 is 1.33 bits per heavy atom. The first-order chi connectivity index (χ1) is 14.3. The van der Waals surface area contributed by atoms with Crippen LogP contribution < -0.4 is 14.8 Å². The average molecular weight is 449 g/mol. The fourth-order valence-corrected chi connectivity index (χ4v) is 4.02. The summed E-state index contributed by atoms with van der Waals surface area (Å²) in [6.07, 6.45) is 2.89. The van der Waals surface area contributed by atoms with Crippen LogP contribution in [0.25, 0.3) is 0 Å². The number of sulfonamides is 1. The first-order valence-electron chi connectivity index (χ1n) is 9.83. The number of alkyl halides is 2. The van der Waals surface area contributed by atoms with Gasteiger partial charge in [0.05, 0.1) is 11.9 Å². The number of aliphatic imine (C=N–C) groups is 1. The minimum atomic E-state index is -3.43. The molecule has 2 N–H and O–H groups in total. The van der Waals surface area contributed by atoms with Gasteiger partial charge in [0.15, 0.2) is 5.96 Å². The van der Waals surface area contributed by atoms with Gasteiger partial charge in [-0.3, -0.25) is 4.99 Å². The van der Waals surface area contributed by atoms with Gasteiger partial charge in [0.1, 0.15) is 5.75 Å². The van der Waals surface area contributed by atoms with Crippen molar-refractivity contribution in [3.63, 3.8) is 0 Å². The number of rotatable bonds is 10. The van der Waals surface area contributed by atoms with E-state index >= 15 is 0 Å². The molecular weight excluding hydrogens is 418 g/mol. The first kappa shape index (κ1) is 24.3. The second-order valence-corrected chi connectivity index (χ2v) is 8.93. The highest BCUT2D eigenvalue weighted by molar-refractivity contribution is 7.89. The number of halogens is 2. The standard InChI is InChI=1S/C19H30F2N4O4S/c1-22-19(25(2)14-15-6-8-16(9-7-15)29-18(20)21)23-10-12-30(26,27)24-13-17-5-3-4-11-28-17/h6-9,17-18,24H,3-5,10-14H2,1-2H3,(H,22,23). The zero-order chi connectivity index (χ0) is 22.0. The quantitative estimate of drug-likeness (QED) is 0.419. The van der Waals surface area contributed by atoms with Crippen LogP contribution in [0.5, 0.6) is 5.75 Å². The predicted octanol–water partition coefficient (Wildman–Crippen LogP) is 1.78. The van der Waals surface area contributed by atoms with Crippen molar-refractivity contribution in [3.05, 3.63) is 29.8 Å². The zero-order valence-electron chi connectivity index (χ0n) is 17.3. The van der Waals surface area contributed by atoms with Crippen molar-refractivity contribution in [3.8, 4) is 5.75 Å². The molecule has 170 valence electrons. The van der Waals surface area contributed by atoms with Crippen LogP contribution in [0.3, 0.4) is 0 Å². The Balaban J connectivity index is 1.75. The molecule has 8 nitrogen and oxygen atoms in total. The SMILES string of the molecule is CN=C(NCCS(=O)(=O)NCC1CCCCO1)N(C)Cc1ccc(OC(F)F)cc1. The van der Waals surface area contributed by atoms with Crippen molar-refractivity contribution in [2.75, 3.05) is 39.5 Å². The van der Waals surface area contributed by atoms with E-state index in [4.69, 9.17) is 4.74 Å². The molecule has 1 saturated heterocycles. The number of nitrogens with zero attached hydrogens (tertiary/aromatic N) is 2. The van der Waals surface area contributed by atoms with E-state index in [9.17, 15) is 17.2 Å². The lowest BCUT2D eigenvalue weighted by atomic mass is 10.1. The largest absolute Gasteiger partial charge is 0.435 e. The predicted molar refractivity (Wildman–Crippen MR) is 111 cm³/mol. The number of hydrogen-bond acceptors (Lipinski definition) is 5. The fourth-order valence-electron chi connectivity index (χ4n) is 3.07. The Hall–Kier alpha value is -1.98. The highest BCUT2D eigenvalue weighted by Gasteiger charge is 2.18. The molecule has 1 aliphatic rings. The van der Waals surface area contributed by atoms with Gasteiger partial charge >= 0.3 is 6.61 Å². The van der Waals surface area contributed by atoms with E-state index in [-0.39, 0.29) is 24.2 Å². The molecule has 0 amide bonds. The van der Waals surface area contributed by atoms with Crippen LogP contribution in [0, 0.1) is 0 Å². The Labute approximate surface area is 176 Å². The summed E-state index contributed by atoms with van der Waals surface area (Å²) in [5.74, 6) is 0.524. The molecule has 0 saturated carbocycles. The van der Waals surface area contributed by atoms with Gasteiger partial charge in [0.25, 0.3) is 0 Å². The van der Waals surface area contributed by atoms with Gasteiger partial charge < -0.3 is 19.7 Å². The number of nitrogens with one attached hydrogen (secondary N) is 2. The summed E-state index contributed by atoms with van der Waals surface area (Å²) in [6, 6.07) is 6.31. The van der Waals surface area contributed by atoms with Gasteiger partial charge in [-0.25, -0.2) is 13.1 Å². The lowest BCUT2D eigenvalue weighted by Gasteiger charge is -2.23. The highest BCUT2D eigenvalue weighted by atomic mass is 32.2. The van der Waals surface area contributed by atoms with Crippen LogP contribution in [-0.2, 0) is 21.3 Å². The topological polar surface area (TPSA) is 92.3 Å². The molecule has 11 heteroatoms. The molecule has 30 heavy (non-hydrogen) atoms. The first-order valence-corrected chi connectivity index (χ1v) is 11.5. The second-order valence-electron chi connectivity index (χ2n) is 7.01. The molecule has 0 aliphatic carbocycles. The van der Waals surface area contributed by atoms with Crippen LogP contribution in [0.2, 0.25) is 0 Å². The number of hydrogen-bond donors (Lipinski definition) is 2. The third-order valence-corrected chi connectivity index (χ3v) is 5.95. The van der Waals surface area contributed by atoms with E-state index in [1.165, 1.54) is 12.1 Å². The molecule has 1 unspecified atom stereocenters. The van der Waals surface area contributed by atoms with Crippen molar-refractivity contribution in [2.24, 2.45) is 4.99 Å². The summed E-state index contributed by atoms with van der Waals surface area (Å²) >= 11 is 0. The molecule has 0 spiro atoms. The lowest BCUT2D eigenvalue weighted by molar-refractivity contribution is -0.0498. The maximum Gasteiger partial charge on any atom is 0.387 e. The summed E-state index contributed by atoms with van der Waals surface area (Å²) in [7, 11) is -0.0249. The van der Waals surface area contributed by atoms with Crippen molar-refractivity contribution >= 4 is 16.0 Å². The van der Waals surface area contributed by atoms with Crippen LogP contribution in [0.1, 0.15) is 24.8 Å². The van der Waals surface area contributed by atoms with Crippen LogP contribution in [0.15, 0.2) is 29.3 Å². The van der Waals surface area contributed by atoms with E-state index in [0.717, 1.165) is 24.8 Å². The van der Waals surface area contributed by atoms with Crippen molar-refractivity contribution in [1.82, 2.24) is 14.9 Å². The van der Waals surface area contributed by atoms with Gasteiger partial charge in [0.2, 0.25) is 10.0 Å². The lowest BCUT2D eigenvalue weighted by Crippen LogP contribution is -2.43. The third kappa shape index (κ3) is 8.80. The molecule has 2 rings (SSSR count). The Kier molecular flexibility index (Phi) is 9.73. The third-order valence-electron chi connectivity index (χ3n) is 4.60. The van der Waals surface area contributed by atoms with E-state index in [1.807, 2.05) is 0 Å². The van der Waals surface area contributed by atoms with Crippen molar-refractivity contribution < 1.29 is 26.7 Å². The van der Waals surface area contributed by atoms with Gasteiger partial charge in [-0.2, -0.15) is 8.78 Å². The smallest absolute Gasteiger partial charge is 0.387 e. The Morgan fingerprint density at radius 3 is 2.67 bits per heavy atom. The molecule has 1 aliphatic heterocycles. The molecular formula is C19H30F2N4O4S. The normalized spacial score (nSPS) is 17.8. The van der Waals surface area contributed by atoms with Gasteiger partial charge in [-0.05, 0) is 37.0 Å². The average Bonchev–Trinajstić information content (AvgIpc) is 2.71. The van der Waals surface area contributed by atoms with Gasteiger partial charge in [0, 0.05) is 40.3 Å². The monoisotopic (exact) mass is 448 g/mol. The molecule has 0 bridgehead atoms. The minimum absolute atomic E-state index is 0.0575. The summed E-state index contributed by atoms with van der Waals surface area (Å²) in [6.45, 7) is -1.24. The maximum atomic E-state index is 12.2. The zero-order valence-corrected chi connectivity index (χ0v) is 18.1. The van der Waals surface area contributed by atoms with E-state index in [0.29, 0.717) is 25.7 Å². The fraction of sp³-hybridized carbons (Fsp3) is 0.632. The summed E-state index contributed by atoms with van der Waals surface area (Å²) in [5.41, 5.74) is 0.865. The molecule has 1 fully saturated rings. The number of ether oxygens (including phenoxy) is 2. The van der Waals surface area contributed by atoms with Crippen LogP contribution in [-0.4, -0.2) is 71.5 Å². The molecule has 1 aromatic rings. The van der Waals surface area contributed by atoms with E-state index in [1.54, 1.807) is 31.1 Å². The molecule has 0 aromatic heterocycles. The van der Waals surface area contributed by atoms with E-state index in [2.05, 4.69) is 19.8 Å². The molecule has 0 radical (unpaired) electrons. The van der Waals surface area contributed by atoms with E-state index < -0.39 is 16.6 Å². The van der Waals surface area contributed by atoms with Crippen LogP contribution >= 0.6 is 0 Å².